The van der Waals surface area contributed by atoms with Gasteiger partial charge >= 0.3 is 0 Å². The summed E-state index contributed by atoms with van der Waals surface area (Å²) >= 11 is 0. The smallest absolute Gasteiger partial charge is 0.133 e. The van der Waals surface area contributed by atoms with Gasteiger partial charge in [0.1, 0.15) is 17.9 Å². The predicted molar refractivity (Wildman–Crippen MR) is 81.5 cm³/mol. The van der Waals surface area contributed by atoms with E-state index in [-0.39, 0.29) is 6.61 Å². The number of para-hydroxylation sites is 1. The summed E-state index contributed by atoms with van der Waals surface area (Å²) in [6, 6.07) is 7.97. The SMILES string of the molecule is OCCCCNc1ncnc2c1CCOc1ccccc1-2. The summed E-state index contributed by atoms with van der Waals surface area (Å²) in [5, 5.41) is 12.2. The highest BCUT2D eigenvalue weighted by Crippen LogP contribution is 2.35. The van der Waals surface area contributed by atoms with Gasteiger partial charge in [0.15, 0.2) is 0 Å². The number of unbranched alkanes of at least 4 members (excludes halogenated alkanes) is 1. The Morgan fingerprint density at radius 3 is 3.00 bits per heavy atom. The first-order valence-corrected chi connectivity index (χ1v) is 7.31. The fourth-order valence-corrected chi connectivity index (χ4v) is 2.53. The molecule has 2 aromatic rings. The maximum absolute atomic E-state index is 8.83. The van der Waals surface area contributed by atoms with Gasteiger partial charge in [-0.25, -0.2) is 9.97 Å². The van der Waals surface area contributed by atoms with Gasteiger partial charge in [0.05, 0.1) is 12.3 Å². The number of aromatic nitrogens is 2. The van der Waals surface area contributed by atoms with Crippen molar-refractivity contribution in [1.82, 2.24) is 9.97 Å². The van der Waals surface area contributed by atoms with Crippen molar-refractivity contribution < 1.29 is 9.84 Å². The third-order valence-corrected chi connectivity index (χ3v) is 3.57. The first kappa shape index (κ1) is 13.8. The van der Waals surface area contributed by atoms with Crippen LogP contribution in [-0.2, 0) is 6.42 Å². The molecule has 1 aliphatic rings. The average Bonchev–Trinajstić information content (AvgIpc) is 2.71. The molecule has 0 spiro atoms. The van der Waals surface area contributed by atoms with Gasteiger partial charge < -0.3 is 15.2 Å². The lowest BCUT2D eigenvalue weighted by atomic mass is 10.0. The number of anilines is 1. The minimum atomic E-state index is 0.227. The number of aliphatic hydroxyl groups excluding tert-OH is 1. The lowest BCUT2D eigenvalue weighted by molar-refractivity contribution is 0.286. The van der Waals surface area contributed by atoms with Crippen LogP contribution in [0, 0.1) is 0 Å². The van der Waals surface area contributed by atoms with E-state index in [2.05, 4.69) is 15.3 Å². The standard InChI is InChI=1S/C16H19N3O2/c20-9-4-3-8-17-16-13-7-10-21-14-6-2-1-5-12(14)15(13)18-11-19-16/h1-2,5-6,11,20H,3-4,7-10H2,(H,17,18,19). The molecule has 0 bridgehead atoms. The van der Waals surface area contributed by atoms with E-state index in [1.165, 1.54) is 0 Å². The van der Waals surface area contributed by atoms with Crippen LogP contribution in [0.5, 0.6) is 5.75 Å². The quantitative estimate of drug-likeness (QED) is 0.825. The molecular weight excluding hydrogens is 266 g/mol. The van der Waals surface area contributed by atoms with Crippen molar-refractivity contribution in [2.75, 3.05) is 25.1 Å². The maximum Gasteiger partial charge on any atom is 0.133 e. The Morgan fingerprint density at radius 1 is 1.19 bits per heavy atom. The summed E-state index contributed by atoms with van der Waals surface area (Å²) in [5.41, 5.74) is 3.07. The van der Waals surface area contributed by atoms with Crippen molar-refractivity contribution in [3.63, 3.8) is 0 Å². The summed E-state index contributed by atoms with van der Waals surface area (Å²) < 4.78 is 5.80. The number of aliphatic hydroxyl groups is 1. The molecule has 110 valence electrons. The normalized spacial score (nSPS) is 12.8. The Labute approximate surface area is 124 Å². The summed E-state index contributed by atoms with van der Waals surface area (Å²) in [6.45, 7) is 1.65. The maximum atomic E-state index is 8.83. The molecule has 0 radical (unpaired) electrons. The van der Waals surface area contributed by atoms with Crippen molar-refractivity contribution in [2.45, 2.75) is 19.3 Å². The Morgan fingerprint density at radius 2 is 2.10 bits per heavy atom. The second-order valence-corrected chi connectivity index (χ2v) is 5.00. The van der Waals surface area contributed by atoms with Crippen LogP contribution in [0.3, 0.4) is 0 Å². The molecule has 2 heterocycles. The third kappa shape index (κ3) is 2.97. The van der Waals surface area contributed by atoms with Crippen LogP contribution in [0.4, 0.5) is 5.82 Å². The van der Waals surface area contributed by atoms with Gasteiger partial charge in [-0.15, -0.1) is 0 Å². The number of benzene rings is 1. The van der Waals surface area contributed by atoms with E-state index in [0.29, 0.717) is 6.61 Å². The van der Waals surface area contributed by atoms with Gasteiger partial charge in [-0.3, -0.25) is 0 Å². The van der Waals surface area contributed by atoms with Crippen molar-refractivity contribution in [3.8, 4) is 17.0 Å². The van der Waals surface area contributed by atoms with Crippen LogP contribution < -0.4 is 10.1 Å². The van der Waals surface area contributed by atoms with Crippen LogP contribution in [0.15, 0.2) is 30.6 Å². The molecule has 0 saturated carbocycles. The molecule has 2 N–H and O–H groups in total. The van der Waals surface area contributed by atoms with E-state index >= 15 is 0 Å². The molecule has 5 heteroatoms. The second kappa shape index (κ2) is 6.54. The lowest BCUT2D eigenvalue weighted by Gasteiger charge is -2.12. The number of ether oxygens (including phenoxy) is 1. The molecule has 0 fully saturated rings. The molecule has 3 rings (SSSR count). The fourth-order valence-electron chi connectivity index (χ4n) is 2.53. The van der Waals surface area contributed by atoms with Crippen LogP contribution in [0.1, 0.15) is 18.4 Å². The van der Waals surface area contributed by atoms with Crippen molar-refractivity contribution >= 4 is 5.82 Å². The Hall–Kier alpha value is -2.14. The highest BCUT2D eigenvalue weighted by molar-refractivity contribution is 5.74. The number of rotatable bonds is 5. The number of nitrogens with zero attached hydrogens (tertiary/aromatic N) is 2. The highest BCUT2D eigenvalue weighted by atomic mass is 16.5. The van der Waals surface area contributed by atoms with Crippen molar-refractivity contribution in [2.24, 2.45) is 0 Å². The van der Waals surface area contributed by atoms with Gasteiger partial charge in [0.2, 0.25) is 0 Å². The van der Waals surface area contributed by atoms with Gasteiger partial charge in [0.25, 0.3) is 0 Å². The number of hydrogen-bond donors (Lipinski definition) is 2. The monoisotopic (exact) mass is 285 g/mol. The van der Waals surface area contributed by atoms with Crippen molar-refractivity contribution in [1.29, 1.82) is 0 Å². The predicted octanol–water partition coefficient (Wildman–Crippen LogP) is 2.26. The Kier molecular flexibility index (Phi) is 4.31. The molecule has 0 saturated heterocycles. The zero-order valence-corrected chi connectivity index (χ0v) is 11.9. The third-order valence-electron chi connectivity index (χ3n) is 3.57. The van der Waals surface area contributed by atoms with E-state index in [4.69, 9.17) is 9.84 Å². The topological polar surface area (TPSA) is 67.3 Å². The van der Waals surface area contributed by atoms with E-state index in [1.807, 2.05) is 24.3 Å². The summed E-state index contributed by atoms with van der Waals surface area (Å²) in [5.74, 6) is 1.75. The van der Waals surface area contributed by atoms with Crippen LogP contribution >= 0.6 is 0 Å². The molecule has 0 atom stereocenters. The Bertz CT molecular complexity index is 616. The van der Waals surface area contributed by atoms with Crippen molar-refractivity contribution in [3.05, 3.63) is 36.2 Å². The zero-order chi connectivity index (χ0) is 14.5. The zero-order valence-electron chi connectivity index (χ0n) is 11.9. The van der Waals surface area contributed by atoms with E-state index in [0.717, 1.165) is 54.2 Å². The van der Waals surface area contributed by atoms with Gasteiger partial charge in [-0.1, -0.05) is 12.1 Å². The van der Waals surface area contributed by atoms with Gasteiger partial charge in [0, 0.05) is 30.7 Å². The van der Waals surface area contributed by atoms with Crippen LogP contribution in [0.25, 0.3) is 11.3 Å². The molecule has 21 heavy (non-hydrogen) atoms. The number of nitrogens with one attached hydrogen (secondary N) is 1. The van der Waals surface area contributed by atoms with Crippen LogP contribution in [0.2, 0.25) is 0 Å². The first-order chi connectivity index (χ1) is 10.4. The first-order valence-electron chi connectivity index (χ1n) is 7.31. The lowest BCUT2D eigenvalue weighted by Crippen LogP contribution is -2.09. The highest BCUT2D eigenvalue weighted by Gasteiger charge is 2.19. The summed E-state index contributed by atoms with van der Waals surface area (Å²) in [6.07, 6.45) is 4.09. The largest absolute Gasteiger partial charge is 0.493 e. The van der Waals surface area contributed by atoms with E-state index in [9.17, 15) is 0 Å². The molecule has 1 aliphatic heterocycles. The minimum absolute atomic E-state index is 0.227. The average molecular weight is 285 g/mol. The van der Waals surface area contributed by atoms with Gasteiger partial charge in [-0.05, 0) is 25.0 Å². The molecule has 1 aromatic carbocycles. The molecule has 0 amide bonds. The second-order valence-electron chi connectivity index (χ2n) is 5.00. The number of hydrogen-bond acceptors (Lipinski definition) is 5. The molecule has 0 aliphatic carbocycles. The van der Waals surface area contributed by atoms with E-state index in [1.54, 1.807) is 6.33 Å². The molecule has 0 unspecified atom stereocenters. The minimum Gasteiger partial charge on any atom is -0.493 e. The van der Waals surface area contributed by atoms with Crippen LogP contribution in [-0.4, -0.2) is 34.8 Å². The summed E-state index contributed by atoms with van der Waals surface area (Å²) in [7, 11) is 0. The van der Waals surface area contributed by atoms with Gasteiger partial charge in [-0.2, -0.15) is 0 Å². The molecular formula is C16H19N3O2. The summed E-state index contributed by atoms with van der Waals surface area (Å²) in [4.78, 5) is 8.82. The molecule has 1 aromatic heterocycles. The molecule has 5 nitrogen and oxygen atoms in total. The fraction of sp³-hybridized carbons (Fsp3) is 0.375. The van der Waals surface area contributed by atoms with E-state index < -0.39 is 0 Å². The number of fused-ring (bicyclic) bond motifs is 3. The Balaban J connectivity index is 1.90.